The van der Waals surface area contributed by atoms with E-state index in [1.165, 1.54) is 6.07 Å². The smallest absolute Gasteiger partial charge is 0.252 e. The third kappa shape index (κ3) is 3.56. The van der Waals surface area contributed by atoms with Gasteiger partial charge in [-0.25, -0.2) is 0 Å². The zero-order valence-electron chi connectivity index (χ0n) is 12.4. The van der Waals surface area contributed by atoms with E-state index in [1.54, 1.807) is 19.3 Å². The summed E-state index contributed by atoms with van der Waals surface area (Å²) in [6, 6.07) is 2.64. The fourth-order valence-corrected chi connectivity index (χ4v) is 2.17. The average Bonchev–Trinajstić information content (AvgIpc) is 2.86. The van der Waals surface area contributed by atoms with E-state index in [1.807, 2.05) is 11.5 Å². The number of amides is 1. The number of carbonyl (C=O) groups excluding carboxylic acids is 1. The predicted octanol–water partition coefficient (Wildman–Crippen LogP) is 1.18. The van der Waals surface area contributed by atoms with Crippen molar-refractivity contribution in [3.8, 4) is 0 Å². The summed E-state index contributed by atoms with van der Waals surface area (Å²) in [4.78, 5) is 26.2. The molecule has 0 saturated carbocycles. The quantitative estimate of drug-likeness (QED) is 0.864. The van der Waals surface area contributed by atoms with Gasteiger partial charge < -0.3 is 14.9 Å². The van der Waals surface area contributed by atoms with Crippen molar-refractivity contribution in [3.63, 3.8) is 0 Å². The first kappa shape index (κ1) is 15.0. The highest BCUT2D eigenvalue weighted by Gasteiger charge is 2.16. The summed E-state index contributed by atoms with van der Waals surface area (Å²) >= 11 is 0. The first-order chi connectivity index (χ1) is 10.0. The zero-order valence-corrected chi connectivity index (χ0v) is 12.4. The molecule has 0 aromatic carbocycles. The number of carbonyl (C=O) groups is 1. The molecule has 112 valence electrons. The van der Waals surface area contributed by atoms with Gasteiger partial charge in [-0.1, -0.05) is 6.92 Å². The molecule has 2 heterocycles. The SMILES string of the molecule is CCCn1cnnc1[C@H](C)NC(=O)c1cc(C)[nH]c(=O)c1. The number of rotatable bonds is 5. The lowest BCUT2D eigenvalue weighted by Crippen LogP contribution is -2.29. The molecule has 21 heavy (non-hydrogen) atoms. The second-order valence-electron chi connectivity index (χ2n) is 4.99. The minimum atomic E-state index is -0.303. The largest absolute Gasteiger partial charge is 0.342 e. The first-order valence-electron chi connectivity index (χ1n) is 6.90. The lowest BCUT2D eigenvalue weighted by Gasteiger charge is -2.14. The van der Waals surface area contributed by atoms with Gasteiger partial charge in [-0.2, -0.15) is 0 Å². The molecular formula is C14H19N5O2. The van der Waals surface area contributed by atoms with Gasteiger partial charge in [-0.3, -0.25) is 9.59 Å². The number of aryl methyl sites for hydroxylation is 2. The summed E-state index contributed by atoms with van der Waals surface area (Å²) in [6.07, 6.45) is 2.61. The number of pyridine rings is 1. The molecule has 0 fully saturated rings. The van der Waals surface area contributed by atoms with Crippen LogP contribution in [0, 0.1) is 6.92 Å². The van der Waals surface area contributed by atoms with Crippen molar-refractivity contribution in [1.29, 1.82) is 0 Å². The lowest BCUT2D eigenvalue weighted by atomic mass is 10.2. The van der Waals surface area contributed by atoms with Crippen LogP contribution in [0.15, 0.2) is 23.3 Å². The molecular weight excluding hydrogens is 270 g/mol. The Morgan fingerprint density at radius 2 is 2.24 bits per heavy atom. The van der Waals surface area contributed by atoms with Crippen LogP contribution in [-0.2, 0) is 6.54 Å². The average molecular weight is 289 g/mol. The van der Waals surface area contributed by atoms with Gasteiger partial charge in [0.05, 0.1) is 6.04 Å². The monoisotopic (exact) mass is 289 g/mol. The second-order valence-corrected chi connectivity index (χ2v) is 4.99. The van der Waals surface area contributed by atoms with Crippen molar-refractivity contribution in [2.45, 2.75) is 39.8 Å². The summed E-state index contributed by atoms with van der Waals surface area (Å²) in [5.74, 6) is 0.398. The summed E-state index contributed by atoms with van der Waals surface area (Å²) in [6.45, 7) is 6.44. The lowest BCUT2D eigenvalue weighted by molar-refractivity contribution is 0.0937. The number of aromatic amines is 1. The molecule has 2 aromatic heterocycles. The van der Waals surface area contributed by atoms with E-state index in [9.17, 15) is 9.59 Å². The van der Waals surface area contributed by atoms with Gasteiger partial charge in [0.2, 0.25) is 5.56 Å². The van der Waals surface area contributed by atoms with E-state index >= 15 is 0 Å². The van der Waals surface area contributed by atoms with Crippen molar-refractivity contribution in [1.82, 2.24) is 25.1 Å². The molecule has 0 spiro atoms. The maximum absolute atomic E-state index is 12.2. The van der Waals surface area contributed by atoms with E-state index in [-0.39, 0.29) is 17.5 Å². The highest BCUT2D eigenvalue weighted by molar-refractivity contribution is 5.94. The van der Waals surface area contributed by atoms with E-state index in [4.69, 9.17) is 0 Å². The molecule has 2 aromatic rings. The number of nitrogens with zero attached hydrogens (tertiary/aromatic N) is 3. The highest BCUT2D eigenvalue weighted by Crippen LogP contribution is 2.10. The molecule has 0 bridgehead atoms. The Balaban J connectivity index is 2.15. The van der Waals surface area contributed by atoms with Gasteiger partial charge in [0.1, 0.15) is 6.33 Å². The van der Waals surface area contributed by atoms with E-state index in [2.05, 4.69) is 27.4 Å². The van der Waals surface area contributed by atoms with Crippen LogP contribution in [-0.4, -0.2) is 25.7 Å². The van der Waals surface area contributed by atoms with Gasteiger partial charge in [0, 0.05) is 23.9 Å². The van der Waals surface area contributed by atoms with Gasteiger partial charge in [0.25, 0.3) is 5.91 Å². The Labute approximate surface area is 122 Å². The van der Waals surface area contributed by atoms with Crippen LogP contribution in [0.3, 0.4) is 0 Å². The maximum Gasteiger partial charge on any atom is 0.252 e. The van der Waals surface area contributed by atoms with Crippen LogP contribution in [0.5, 0.6) is 0 Å². The van der Waals surface area contributed by atoms with Crippen LogP contribution >= 0.6 is 0 Å². The minimum absolute atomic E-state index is 0.286. The maximum atomic E-state index is 12.2. The highest BCUT2D eigenvalue weighted by atomic mass is 16.2. The fraction of sp³-hybridized carbons (Fsp3) is 0.429. The van der Waals surface area contributed by atoms with Gasteiger partial charge in [-0.15, -0.1) is 10.2 Å². The van der Waals surface area contributed by atoms with Crippen LogP contribution in [0.2, 0.25) is 0 Å². The third-order valence-electron chi connectivity index (χ3n) is 3.09. The predicted molar refractivity (Wildman–Crippen MR) is 78.0 cm³/mol. The van der Waals surface area contributed by atoms with E-state index in [0.717, 1.165) is 13.0 Å². The van der Waals surface area contributed by atoms with Crippen molar-refractivity contribution in [3.05, 3.63) is 45.9 Å². The van der Waals surface area contributed by atoms with Crippen molar-refractivity contribution in [2.75, 3.05) is 0 Å². The standard InChI is InChI=1S/C14H19N5O2/c1-4-5-19-8-15-18-13(19)10(3)17-14(21)11-6-9(2)16-12(20)7-11/h6-8,10H,4-5H2,1-3H3,(H,16,20)(H,17,21)/t10-/m0/s1. The summed E-state index contributed by atoms with van der Waals surface area (Å²) < 4.78 is 1.91. The summed E-state index contributed by atoms with van der Waals surface area (Å²) in [5.41, 5.74) is 0.695. The summed E-state index contributed by atoms with van der Waals surface area (Å²) in [5, 5.41) is 10.8. The van der Waals surface area contributed by atoms with Crippen LogP contribution in [0.4, 0.5) is 0 Å². The number of hydrogen-bond acceptors (Lipinski definition) is 4. The van der Waals surface area contributed by atoms with E-state index in [0.29, 0.717) is 17.1 Å². The van der Waals surface area contributed by atoms with Gasteiger partial charge >= 0.3 is 0 Å². The molecule has 0 aliphatic heterocycles. The Morgan fingerprint density at radius 1 is 1.48 bits per heavy atom. The van der Waals surface area contributed by atoms with Crippen LogP contribution in [0.25, 0.3) is 0 Å². The molecule has 1 atom stereocenters. The zero-order chi connectivity index (χ0) is 15.4. The van der Waals surface area contributed by atoms with E-state index < -0.39 is 0 Å². The molecule has 0 saturated heterocycles. The topological polar surface area (TPSA) is 92.7 Å². The molecule has 0 radical (unpaired) electrons. The molecule has 0 aliphatic carbocycles. The van der Waals surface area contributed by atoms with Crippen LogP contribution < -0.4 is 10.9 Å². The second kappa shape index (κ2) is 6.34. The molecule has 0 unspecified atom stereocenters. The number of hydrogen-bond donors (Lipinski definition) is 2. The molecule has 7 heteroatoms. The van der Waals surface area contributed by atoms with Gasteiger partial charge in [0.15, 0.2) is 5.82 Å². The Morgan fingerprint density at radius 3 is 2.90 bits per heavy atom. The van der Waals surface area contributed by atoms with Crippen LogP contribution in [0.1, 0.15) is 48.2 Å². The first-order valence-corrected chi connectivity index (χ1v) is 6.90. The number of H-pyrrole nitrogens is 1. The number of aromatic nitrogens is 4. The Bertz CT molecular complexity index is 689. The molecule has 0 aliphatic rings. The minimum Gasteiger partial charge on any atom is -0.342 e. The summed E-state index contributed by atoms with van der Waals surface area (Å²) in [7, 11) is 0. The fourth-order valence-electron chi connectivity index (χ4n) is 2.17. The van der Waals surface area contributed by atoms with Crippen molar-refractivity contribution >= 4 is 5.91 Å². The molecule has 2 N–H and O–H groups in total. The third-order valence-corrected chi connectivity index (χ3v) is 3.09. The molecule has 7 nitrogen and oxygen atoms in total. The van der Waals surface area contributed by atoms with Crippen molar-refractivity contribution < 1.29 is 4.79 Å². The van der Waals surface area contributed by atoms with Gasteiger partial charge in [-0.05, 0) is 26.3 Å². The Hall–Kier alpha value is -2.44. The molecule has 1 amide bonds. The Kier molecular flexibility index (Phi) is 4.52. The molecule has 2 rings (SSSR count). The normalized spacial score (nSPS) is 12.1. The number of nitrogens with one attached hydrogen (secondary N) is 2. The van der Waals surface area contributed by atoms with Crippen molar-refractivity contribution in [2.24, 2.45) is 0 Å².